The zero-order valence-corrected chi connectivity index (χ0v) is 43.0. The van der Waals surface area contributed by atoms with Gasteiger partial charge in [0, 0.05) is 6.42 Å². The van der Waals surface area contributed by atoms with E-state index in [0.717, 1.165) is 44.1 Å². The number of carbonyl (C=O) groups excluding carboxylic acids is 2. The maximum atomic E-state index is 15.2. The fraction of sp³-hybridized carbons (Fsp3) is 0.611. The number of nitrogen functional groups attached to an aromatic ring is 1. The van der Waals surface area contributed by atoms with Crippen LogP contribution in [0.15, 0.2) is 67.0 Å². The van der Waals surface area contributed by atoms with Gasteiger partial charge in [0.15, 0.2) is 28.7 Å². The number of anilines is 1. The molecule has 0 amide bonds. The van der Waals surface area contributed by atoms with Gasteiger partial charge < -0.3 is 29.2 Å². The van der Waals surface area contributed by atoms with Crippen LogP contribution in [0.5, 0.6) is 5.75 Å². The number of carbonyl (C=O) groups is 2. The van der Waals surface area contributed by atoms with Gasteiger partial charge in [0.2, 0.25) is 0 Å². The lowest BCUT2D eigenvalue weighted by molar-refractivity contribution is -0.146. The normalized spacial score (nSPS) is 17.9. The molecule has 4 aromatic rings. The third-order valence-corrected chi connectivity index (χ3v) is 14.3. The van der Waals surface area contributed by atoms with Gasteiger partial charge in [-0.3, -0.25) is 13.9 Å². The van der Waals surface area contributed by atoms with Crippen LogP contribution in [0.4, 0.5) is 15.0 Å². The Morgan fingerprint density at radius 2 is 1.35 bits per heavy atom. The van der Waals surface area contributed by atoms with Crippen LogP contribution in [-0.4, -0.2) is 69.2 Å². The summed E-state index contributed by atoms with van der Waals surface area (Å²) < 4.78 is 66.8. The highest BCUT2D eigenvalue weighted by Crippen LogP contribution is 2.49. The number of aromatic nitrogens is 4. The molecule has 17 heteroatoms. The summed E-state index contributed by atoms with van der Waals surface area (Å²) >= 11 is 0. The van der Waals surface area contributed by atoms with Gasteiger partial charge in [0.1, 0.15) is 24.6 Å². The maximum Gasteiger partial charge on any atom is 0.508 e. The number of nitrogens with one attached hydrogen (secondary N) is 1. The highest BCUT2D eigenvalue weighted by molar-refractivity contribution is 7.52. The van der Waals surface area contributed by atoms with Gasteiger partial charge >= 0.3 is 25.9 Å². The van der Waals surface area contributed by atoms with Crippen LogP contribution in [0.25, 0.3) is 11.2 Å². The van der Waals surface area contributed by atoms with E-state index in [1.165, 1.54) is 101 Å². The van der Waals surface area contributed by atoms with Gasteiger partial charge in [0.05, 0.1) is 19.5 Å². The SMILES string of the molecule is C#C[C@]1(CO[P@@](=O)(N[C@@H](Cc2ccccc2)C(=O)OCCCCCCCCCCCCCCCCCCCC)Oc2ccccc2)O[C@@H](n2cnc3c(N)nc(F)nc32)C[C@@H]1OC(=O)OCCCCCC. The number of esters is 1. The van der Waals surface area contributed by atoms with Crippen molar-refractivity contribution in [2.24, 2.45) is 0 Å². The predicted molar refractivity (Wildman–Crippen MR) is 274 cm³/mol. The van der Waals surface area contributed by atoms with Crippen molar-refractivity contribution < 1.29 is 46.5 Å². The molecule has 3 heterocycles. The molecule has 1 saturated heterocycles. The molecule has 3 N–H and O–H groups in total. The second-order valence-corrected chi connectivity index (χ2v) is 20.2. The summed E-state index contributed by atoms with van der Waals surface area (Å²) in [7, 11) is -4.60. The Balaban J connectivity index is 1.21. The van der Waals surface area contributed by atoms with Crippen molar-refractivity contribution in [2.75, 3.05) is 25.6 Å². The van der Waals surface area contributed by atoms with E-state index in [-0.39, 0.29) is 48.8 Å². The van der Waals surface area contributed by atoms with Gasteiger partial charge in [0.25, 0.3) is 0 Å². The van der Waals surface area contributed by atoms with Crippen LogP contribution in [0.3, 0.4) is 0 Å². The molecule has 2 aromatic carbocycles. The van der Waals surface area contributed by atoms with Crippen LogP contribution in [0, 0.1) is 18.4 Å². The second-order valence-electron chi connectivity index (χ2n) is 18.5. The molecule has 0 saturated carbocycles. The highest BCUT2D eigenvalue weighted by Gasteiger charge is 2.53. The Bertz CT molecular complexity index is 2250. The average Bonchev–Trinajstić information content (AvgIpc) is 3.96. The fourth-order valence-electron chi connectivity index (χ4n) is 8.70. The lowest BCUT2D eigenvalue weighted by Crippen LogP contribution is -2.46. The number of terminal acetylenes is 1. The quantitative estimate of drug-likeness (QED) is 0.0144. The van der Waals surface area contributed by atoms with Gasteiger partial charge in [-0.2, -0.15) is 19.4 Å². The molecule has 5 rings (SSSR count). The summed E-state index contributed by atoms with van der Waals surface area (Å²) in [6, 6.07) is 16.3. The molecule has 15 nitrogen and oxygen atoms in total. The zero-order chi connectivity index (χ0) is 50.6. The standard InChI is InChI=1S/C54H78FN6O9P/c1-4-7-9-11-12-13-14-15-16-17-18-19-20-21-22-23-24-32-37-65-51(62)45(39-43-33-27-25-28-34-43)60-71(64,70-44-35-29-26-30-36-44)67-41-54(6-3)46(68-53(63)66-38-31-10-8-5-2)40-47(69-54)61-42-57-48-49(56)58-52(55)59-50(48)61/h3,25-30,33-36,42,45-47H,4-5,7-24,31-32,37-41H2,1-2H3,(H,60,64)(H2,56,58,59)/t45-,46-,47+,54+,71-/m0/s1. The summed E-state index contributed by atoms with van der Waals surface area (Å²) in [6.45, 7) is 3.95. The summed E-state index contributed by atoms with van der Waals surface area (Å²) in [5, 5.41) is 2.87. The number of imidazole rings is 1. The number of nitrogens with two attached hydrogens (primary N) is 1. The Morgan fingerprint density at radius 1 is 0.817 bits per heavy atom. The van der Waals surface area contributed by atoms with Crippen molar-refractivity contribution in [1.29, 1.82) is 0 Å². The minimum atomic E-state index is -4.60. The van der Waals surface area contributed by atoms with E-state index in [0.29, 0.717) is 12.8 Å². The van der Waals surface area contributed by atoms with Crippen molar-refractivity contribution in [2.45, 2.75) is 192 Å². The number of ether oxygens (including phenoxy) is 4. The molecule has 2 aromatic heterocycles. The molecule has 71 heavy (non-hydrogen) atoms. The van der Waals surface area contributed by atoms with Crippen molar-refractivity contribution in [1.82, 2.24) is 24.6 Å². The Kier molecular flexibility index (Phi) is 25.1. The maximum absolute atomic E-state index is 15.2. The number of fused-ring (bicyclic) bond motifs is 1. The Labute approximate surface area is 420 Å². The lowest BCUT2D eigenvalue weighted by Gasteiger charge is -2.31. The van der Waals surface area contributed by atoms with Gasteiger partial charge in [-0.15, -0.1) is 6.42 Å². The van der Waals surface area contributed by atoms with Crippen molar-refractivity contribution in [3.63, 3.8) is 0 Å². The van der Waals surface area contributed by atoms with E-state index in [4.69, 9.17) is 40.2 Å². The second kappa shape index (κ2) is 31.4. The first kappa shape index (κ1) is 56.8. The van der Waals surface area contributed by atoms with Crippen LogP contribution in [0.1, 0.15) is 173 Å². The van der Waals surface area contributed by atoms with E-state index < -0.39 is 56.5 Å². The third kappa shape index (κ3) is 19.5. The minimum Gasteiger partial charge on any atom is -0.465 e. The van der Waals surface area contributed by atoms with Gasteiger partial charge in [-0.05, 0) is 37.0 Å². The Morgan fingerprint density at radius 3 is 1.93 bits per heavy atom. The molecule has 5 atom stereocenters. The van der Waals surface area contributed by atoms with E-state index in [2.05, 4.69) is 39.8 Å². The molecule has 1 fully saturated rings. The third-order valence-electron chi connectivity index (χ3n) is 12.8. The number of unbranched alkanes of at least 4 members (excludes halogenated alkanes) is 20. The van der Waals surface area contributed by atoms with Crippen LogP contribution >= 0.6 is 7.75 Å². The molecule has 0 spiro atoms. The van der Waals surface area contributed by atoms with Crippen LogP contribution in [-0.2, 0) is 39.3 Å². The van der Waals surface area contributed by atoms with Gasteiger partial charge in [-0.1, -0.05) is 197 Å². The van der Waals surface area contributed by atoms with Crippen LogP contribution < -0.4 is 15.3 Å². The molecule has 0 unspecified atom stereocenters. The summed E-state index contributed by atoms with van der Waals surface area (Å²) in [5.74, 6) is 1.89. The molecular weight excluding hydrogens is 927 g/mol. The Hall–Kier alpha value is -5.07. The number of hydrogen-bond acceptors (Lipinski definition) is 13. The van der Waals surface area contributed by atoms with Crippen molar-refractivity contribution >= 4 is 36.9 Å². The first-order valence-corrected chi connectivity index (χ1v) is 27.7. The average molecular weight is 1010 g/mol. The number of rotatable bonds is 36. The topological polar surface area (TPSA) is 188 Å². The molecule has 390 valence electrons. The lowest BCUT2D eigenvalue weighted by atomic mass is 9.99. The predicted octanol–water partition coefficient (Wildman–Crippen LogP) is 12.9. The van der Waals surface area contributed by atoms with E-state index in [1.807, 2.05) is 30.3 Å². The van der Waals surface area contributed by atoms with E-state index in [9.17, 15) is 14.0 Å². The fourth-order valence-corrected chi connectivity index (χ4v) is 10.2. The van der Waals surface area contributed by atoms with Crippen molar-refractivity contribution in [3.05, 3.63) is 78.6 Å². The van der Waals surface area contributed by atoms with Gasteiger partial charge in [-0.25, -0.2) is 14.3 Å². The number of nitrogens with zero attached hydrogens (tertiary/aromatic N) is 4. The molecular formula is C54H78FN6O9P. The number of halogens is 1. The molecule has 0 aliphatic carbocycles. The van der Waals surface area contributed by atoms with E-state index in [1.54, 1.807) is 30.3 Å². The smallest absolute Gasteiger partial charge is 0.465 e. The number of para-hydroxylation sites is 1. The van der Waals surface area contributed by atoms with Crippen molar-refractivity contribution in [3.8, 4) is 18.1 Å². The first-order chi connectivity index (χ1) is 34.6. The van der Waals surface area contributed by atoms with E-state index >= 15 is 4.57 Å². The zero-order valence-electron chi connectivity index (χ0n) is 42.1. The summed E-state index contributed by atoms with van der Waals surface area (Å²) in [6.07, 6.45) is 29.0. The number of benzene rings is 2. The molecule has 0 bridgehead atoms. The largest absolute Gasteiger partial charge is 0.508 e. The minimum absolute atomic E-state index is 0.00183. The highest BCUT2D eigenvalue weighted by atomic mass is 31.2. The summed E-state index contributed by atoms with van der Waals surface area (Å²) in [5.41, 5.74) is 4.87. The first-order valence-electron chi connectivity index (χ1n) is 26.2. The number of hydrogen-bond donors (Lipinski definition) is 2. The monoisotopic (exact) mass is 1000 g/mol. The van der Waals surface area contributed by atoms with Crippen LogP contribution in [0.2, 0.25) is 0 Å². The summed E-state index contributed by atoms with van der Waals surface area (Å²) in [4.78, 5) is 38.9. The molecule has 1 aliphatic rings. The molecule has 0 radical (unpaired) electrons. The molecule has 1 aliphatic heterocycles.